The van der Waals surface area contributed by atoms with Gasteiger partial charge in [0.15, 0.2) is 0 Å². The summed E-state index contributed by atoms with van der Waals surface area (Å²) in [5.41, 5.74) is 3.75. The van der Waals surface area contributed by atoms with Crippen LogP contribution in [0.15, 0.2) is 54.6 Å². The van der Waals surface area contributed by atoms with Crippen molar-refractivity contribution in [3.8, 4) is 0 Å². The van der Waals surface area contributed by atoms with Gasteiger partial charge in [-0.1, -0.05) is 42.5 Å². The largest absolute Gasteiger partial charge is 0.337 e. The van der Waals surface area contributed by atoms with Gasteiger partial charge in [-0.25, -0.2) is 0 Å². The van der Waals surface area contributed by atoms with Gasteiger partial charge in [0.05, 0.1) is 0 Å². The molecule has 0 radical (unpaired) electrons. The second kappa shape index (κ2) is 6.78. The number of benzene rings is 2. The first-order chi connectivity index (χ1) is 11.8. The van der Waals surface area contributed by atoms with Crippen LogP contribution in [0, 0.1) is 0 Å². The van der Waals surface area contributed by atoms with Gasteiger partial charge < -0.3 is 4.90 Å². The zero-order valence-corrected chi connectivity index (χ0v) is 14.0. The maximum absolute atomic E-state index is 12.7. The van der Waals surface area contributed by atoms with Gasteiger partial charge in [-0.3, -0.25) is 9.69 Å². The van der Waals surface area contributed by atoms with Gasteiger partial charge in [0.1, 0.15) is 0 Å². The Bertz CT molecular complexity index is 713. The van der Waals surface area contributed by atoms with E-state index in [0.717, 1.165) is 44.6 Å². The van der Waals surface area contributed by atoms with Crippen molar-refractivity contribution in [1.29, 1.82) is 0 Å². The number of piperidine rings is 1. The van der Waals surface area contributed by atoms with Crippen LogP contribution in [0.3, 0.4) is 0 Å². The van der Waals surface area contributed by atoms with Crippen LogP contribution in [-0.2, 0) is 13.0 Å². The molecular weight excluding hydrogens is 296 g/mol. The van der Waals surface area contributed by atoms with Crippen molar-refractivity contribution in [3.05, 3.63) is 71.3 Å². The molecule has 2 aromatic rings. The second-order valence-electron chi connectivity index (χ2n) is 6.90. The van der Waals surface area contributed by atoms with Crippen molar-refractivity contribution in [2.24, 2.45) is 0 Å². The monoisotopic (exact) mass is 320 g/mol. The van der Waals surface area contributed by atoms with Crippen LogP contribution in [-0.4, -0.2) is 41.4 Å². The molecule has 1 atom stereocenters. The average molecular weight is 320 g/mol. The molecule has 3 heteroatoms. The number of hydrogen-bond donors (Lipinski definition) is 0. The van der Waals surface area contributed by atoms with Crippen LogP contribution in [0.25, 0.3) is 0 Å². The first-order valence-electron chi connectivity index (χ1n) is 8.96. The number of amides is 1. The Kier molecular flexibility index (Phi) is 4.35. The zero-order valence-electron chi connectivity index (χ0n) is 14.0. The maximum atomic E-state index is 12.7. The van der Waals surface area contributed by atoms with Crippen molar-refractivity contribution < 1.29 is 4.79 Å². The lowest BCUT2D eigenvalue weighted by molar-refractivity contribution is 0.0549. The Hall–Kier alpha value is -2.13. The number of likely N-dealkylation sites (tertiary alicyclic amines) is 1. The minimum atomic E-state index is 0.178. The second-order valence-corrected chi connectivity index (χ2v) is 6.90. The summed E-state index contributed by atoms with van der Waals surface area (Å²) in [6.45, 7) is 3.87. The molecule has 2 aliphatic heterocycles. The zero-order chi connectivity index (χ0) is 16.4. The number of carbonyl (C=O) groups excluding carboxylic acids is 1. The van der Waals surface area contributed by atoms with E-state index in [2.05, 4.69) is 29.2 Å². The van der Waals surface area contributed by atoms with Crippen molar-refractivity contribution in [2.75, 3.05) is 19.6 Å². The number of carbonyl (C=O) groups is 1. The van der Waals surface area contributed by atoms with E-state index in [4.69, 9.17) is 0 Å². The van der Waals surface area contributed by atoms with E-state index < -0.39 is 0 Å². The molecule has 2 aromatic carbocycles. The maximum Gasteiger partial charge on any atom is 0.253 e. The van der Waals surface area contributed by atoms with Crippen molar-refractivity contribution in [1.82, 2.24) is 9.80 Å². The normalized spacial score (nSPS) is 21.3. The van der Waals surface area contributed by atoms with Gasteiger partial charge in [0, 0.05) is 37.8 Å². The third-order valence-electron chi connectivity index (χ3n) is 5.38. The van der Waals surface area contributed by atoms with Crippen LogP contribution >= 0.6 is 0 Å². The van der Waals surface area contributed by atoms with Gasteiger partial charge in [-0.05, 0) is 42.5 Å². The molecule has 2 heterocycles. The predicted molar refractivity (Wildman–Crippen MR) is 95.9 cm³/mol. The summed E-state index contributed by atoms with van der Waals surface area (Å²) < 4.78 is 0. The molecule has 3 nitrogen and oxygen atoms in total. The summed E-state index contributed by atoms with van der Waals surface area (Å²) >= 11 is 0. The summed E-state index contributed by atoms with van der Waals surface area (Å²) in [7, 11) is 0. The first-order valence-corrected chi connectivity index (χ1v) is 8.96. The lowest BCUT2D eigenvalue weighted by Gasteiger charge is -2.41. The van der Waals surface area contributed by atoms with Crippen molar-refractivity contribution >= 4 is 5.91 Å². The van der Waals surface area contributed by atoms with Crippen LogP contribution < -0.4 is 0 Å². The van der Waals surface area contributed by atoms with Gasteiger partial charge in [0.25, 0.3) is 5.91 Å². The fourth-order valence-electron chi connectivity index (χ4n) is 4.03. The molecule has 4 rings (SSSR count). The molecule has 0 unspecified atom stereocenters. The molecule has 0 saturated carbocycles. The number of rotatable bonds is 2. The SMILES string of the molecule is O=C(c1ccccc1)N1CCC[C@@H](N2CCc3ccccc3C2)C1. The highest BCUT2D eigenvalue weighted by molar-refractivity contribution is 5.94. The number of fused-ring (bicyclic) bond motifs is 1. The summed E-state index contributed by atoms with van der Waals surface area (Å²) in [6, 6.07) is 18.9. The smallest absolute Gasteiger partial charge is 0.253 e. The molecule has 1 saturated heterocycles. The molecule has 0 bridgehead atoms. The Morgan fingerprint density at radius 2 is 1.67 bits per heavy atom. The van der Waals surface area contributed by atoms with E-state index in [-0.39, 0.29) is 5.91 Å². The summed E-state index contributed by atoms with van der Waals surface area (Å²) in [6.07, 6.45) is 3.42. The lowest BCUT2D eigenvalue weighted by atomic mass is 9.96. The van der Waals surface area contributed by atoms with E-state index in [0.29, 0.717) is 6.04 Å². The molecule has 1 amide bonds. The molecule has 0 aromatic heterocycles. The molecule has 24 heavy (non-hydrogen) atoms. The van der Waals surface area contributed by atoms with Crippen LogP contribution in [0.2, 0.25) is 0 Å². The predicted octanol–water partition coefficient (Wildman–Crippen LogP) is 3.35. The molecule has 2 aliphatic rings. The van der Waals surface area contributed by atoms with Gasteiger partial charge in [-0.2, -0.15) is 0 Å². The average Bonchev–Trinajstić information content (AvgIpc) is 2.68. The van der Waals surface area contributed by atoms with Crippen molar-refractivity contribution in [3.63, 3.8) is 0 Å². The minimum Gasteiger partial charge on any atom is -0.337 e. The molecule has 124 valence electrons. The topological polar surface area (TPSA) is 23.6 Å². The molecule has 1 fully saturated rings. The lowest BCUT2D eigenvalue weighted by Crippen LogP contribution is -2.51. The van der Waals surface area contributed by atoms with E-state index in [1.54, 1.807) is 0 Å². The summed E-state index contributed by atoms with van der Waals surface area (Å²) in [5.74, 6) is 0.178. The number of nitrogens with zero attached hydrogens (tertiary/aromatic N) is 2. The van der Waals surface area contributed by atoms with Gasteiger partial charge in [-0.15, -0.1) is 0 Å². The van der Waals surface area contributed by atoms with E-state index in [1.807, 2.05) is 35.2 Å². The van der Waals surface area contributed by atoms with Gasteiger partial charge in [0.2, 0.25) is 0 Å². The highest BCUT2D eigenvalue weighted by Gasteiger charge is 2.30. The van der Waals surface area contributed by atoms with E-state index in [1.165, 1.54) is 17.5 Å². The van der Waals surface area contributed by atoms with Crippen LogP contribution in [0.5, 0.6) is 0 Å². The van der Waals surface area contributed by atoms with Crippen molar-refractivity contribution in [2.45, 2.75) is 31.8 Å². The number of hydrogen-bond acceptors (Lipinski definition) is 2. The third-order valence-corrected chi connectivity index (χ3v) is 5.38. The Morgan fingerprint density at radius 3 is 2.50 bits per heavy atom. The Balaban J connectivity index is 1.45. The fourth-order valence-corrected chi connectivity index (χ4v) is 4.03. The summed E-state index contributed by atoms with van der Waals surface area (Å²) in [5, 5.41) is 0. The standard InChI is InChI=1S/C21H24N2O/c24-21(18-8-2-1-3-9-18)23-13-6-11-20(16-23)22-14-12-17-7-4-5-10-19(17)15-22/h1-5,7-10,20H,6,11-16H2/t20-/m1/s1. The molecule has 0 spiro atoms. The summed E-state index contributed by atoms with van der Waals surface area (Å²) in [4.78, 5) is 17.4. The molecule has 0 aliphatic carbocycles. The van der Waals surface area contributed by atoms with Gasteiger partial charge >= 0.3 is 0 Å². The minimum absolute atomic E-state index is 0.178. The Morgan fingerprint density at radius 1 is 0.917 bits per heavy atom. The van der Waals surface area contributed by atoms with E-state index >= 15 is 0 Å². The fraction of sp³-hybridized carbons (Fsp3) is 0.381. The highest BCUT2D eigenvalue weighted by Crippen LogP contribution is 2.25. The highest BCUT2D eigenvalue weighted by atomic mass is 16.2. The van der Waals surface area contributed by atoms with Crippen LogP contribution in [0.1, 0.15) is 34.3 Å². The first kappa shape index (κ1) is 15.4. The Labute approximate surface area is 143 Å². The quantitative estimate of drug-likeness (QED) is 0.847. The molecule has 0 N–H and O–H groups in total. The van der Waals surface area contributed by atoms with E-state index in [9.17, 15) is 4.79 Å². The third kappa shape index (κ3) is 3.09. The molecular formula is C21H24N2O. The van der Waals surface area contributed by atoms with Crippen LogP contribution in [0.4, 0.5) is 0 Å².